The van der Waals surface area contributed by atoms with Gasteiger partial charge in [0, 0.05) is 36.4 Å². The first-order valence-electron chi connectivity index (χ1n) is 13.4. The second-order valence-electron chi connectivity index (χ2n) is 9.91. The third-order valence-corrected chi connectivity index (χ3v) is 6.84. The van der Waals surface area contributed by atoms with Crippen LogP contribution in [0.3, 0.4) is 0 Å². The summed E-state index contributed by atoms with van der Waals surface area (Å²) in [6.45, 7) is -0.338. The van der Waals surface area contributed by atoms with E-state index in [1.165, 1.54) is 12.1 Å². The van der Waals surface area contributed by atoms with E-state index in [1.54, 1.807) is 48.7 Å². The number of fused-ring (bicyclic) bond motifs is 1. The quantitative estimate of drug-likeness (QED) is 0.126. The monoisotopic (exact) mass is 571 g/mol. The molecule has 1 aromatic heterocycles. The van der Waals surface area contributed by atoms with Crippen molar-refractivity contribution in [2.24, 2.45) is 5.73 Å². The highest BCUT2D eigenvalue weighted by Crippen LogP contribution is 2.19. The largest absolute Gasteiger partial charge is 0.508 e. The van der Waals surface area contributed by atoms with Gasteiger partial charge >= 0.3 is 5.97 Å². The molecule has 3 amide bonds. The standard InChI is InChI=1S/C31H33N5O6/c32-17-28(38)34-26(16-21-18-33-24-9-5-4-8-23(21)24)30(40)35-25(14-20-10-12-22(37)13-11-20)29(39)36-27(31(41)42)15-19-6-2-1-3-7-19/h1-13,18,25-27,33,37H,14-17,32H2,(H,34,38)(H,35,40)(H,36,39)(H,41,42). The molecule has 0 spiro atoms. The Labute approximate surface area is 242 Å². The Morgan fingerprint density at radius 1 is 0.714 bits per heavy atom. The topological polar surface area (TPSA) is 187 Å². The number of amides is 3. The first-order valence-corrected chi connectivity index (χ1v) is 13.4. The number of nitrogens with one attached hydrogen (secondary N) is 4. The van der Waals surface area contributed by atoms with E-state index >= 15 is 0 Å². The minimum Gasteiger partial charge on any atom is -0.508 e. The summed E-state index contributed by atoms with van der Waals surface area (Å²) in [6, 6.07) is 18.9. The van der Waals surface area contributed by atoms with Gasteiger partial charge in [-0.3, -0.25) is 14.4 Å². The lowest BCUT2D eigenvalue weighted by Crippen LogP contribution is -2.57. The van der Waals surface area contributed by atoms with Crippen LogP contribution in [0.2, 0.25) is 0 Å². The number of benzene rings is 3. The van der Waals surface area contributed by atoms with Crippen LogP contribution in [-0.4, -0.2) is 63.6 Å². The molecule has 3 atom stereocenters. The molecule has 218 valence electrons. The summed E-state index contributed by atoms with van der Waals surface area (Å²) in [5.41, 5.74) is 8.47. The predicted octanol–water partition coefficient (Wildman–Crippen LogP) is 1.40. The van der Waals surface area contributed by atoms with Gasteiger partial charge in [-0.1, -0.05) is 60.7 Å². The Balaban J connectivity index is 1.57. The molecular weight excluding hydrogens is 538 g/mol. The van der Waals surface area contributed by atoms with Gasteiger partial charge in [-0.25, -0.2) is 4.79 Å². The lowest BCUT2D eigenvalue weighted by molar-refractivity contribution is -0.142. The van der Waals surface area contributed by atoms with Gasteiger partial charge < -0.3 is 36.9 Å². The average molecular weight is 572 g/mol. The number of phenols is 1. The van der Waals surface area contributed by atoms with Crippen LogP contribution in [0.25, 0.3) is 10.9 Å². The molecule has 0 saturated carbocycles. The SMILES string of the molecule is NCC(=O)NC(Cc1c[nH]c2ccccc12)C(=O)NC(Cc1ccc(O)cc1)C(=O)NC(Cc1ccccc1)C(=O)O. The summed E-state index contributed by atoms with van der Waals surface area (Å²) in [5, 5.41) is 28.3. The number of aromatic amines is 1. The summed E-state index contributed by atoms with van der Waals surface area (Å²) in [6.07, 6.45) is 1.90. The molecule has 0 aliphatic rings. The van der Waals surface area contributed by atoms with Crippen molar-refractivity contribution < 1.29 is 29.4 Å². The second-order valence-corrected chi connectivity index (χ2v) is 9.91. The molecule has 0 bridgehead atoms. The molecular formula is C31H33N5O6. The van der Waals surface area contributed by atoms with Crippen LogP contribution in [0.15, 0.2) is 85.1 Å². The van der Waals surface area contributed by atoms with Crippen molar-refractivity contribution in [2.45, 2.75) is 37.4 Å². The number of aliphatic carboxylic acids is 1. The first kappa shape index (κ1) is 29.8. The van der Waals surface area contributed by atoms with E-state index in [2.05, 4.69) is 20.9 Å². The smallest absolute Gasteiger partial charge is 0.326 e. The van der Waals surface area contributed by atoms with E-state index in [1.807, 2.05) is 24.3 Å². The maximum Gasteiger partial charge on any atom is 0.326 e. The number of para-hydroxylation sites is 1. The summed E-state index contributed by atoms with van der Waals surface area (Å²) in [4.78, 5) is 54.5. The van der Waals surface area contributed by atoms with Crippen molar-refractivity contribution in [3.8, 4) is 5.75 Å². The highest BCUT2D eigenvalue weighted by molar-refractivity contribution is 5.94. The zero-order valence-corrected chi connectivity index (χ0v) is 22.7. The van der Waals surface area contributed by atoms with Crippen molar-refractivity contribution in [3.63, 3.8) is 0 Å². The van der Waals surface area contributed by atoms with Crippen LogP contribution < -0.4 is 21.7 Å². The first-order chi connectivity index (χ1) is 20.2. The number of carbonyl (C=O) groups excluding carboxylic acids is 3. The predicted molar refractivity (Wildman–Crippen MR) is 156 cm³/mol. The number of aromatic hydroxyl groups is 1. The van der Waals surface area contributed by atoms with E-state index in [0.717, 1.165) is 16.5 Å². The van der Waals surface area contributed by atoms with Crippen LogP contribution in [0.5, 0.6) is 5.75 Å². The normalized spacial score (nSPS) is 13.1. The van der Waals surface area contributed by atoms with Crippen molar-refractivity contribution in [2.75, 3.05) is 6.54 Å². The zero-order valence-electron chi connectivity index (χ0n) is 22.7. The van der Waals surface area contributed by atoms with Crippen molar-refractivity contribution in [1.82, 2.24) is 20.9 Å². The Morgan fingerprint density at radius 2 is 1.29 bits per heavy atom. The van der Waals surface area contributed by atoms with Crippen LogP contribution in [0.1, 0.15) is 16.7 Å². The Bertz CT molecular complexity index is 1540. The number of carboxylic acids is 1. The van der Waals surface area contributed by atoms with Gasteiger partial charge in [0.25, 0.3) is 0 Å². The molecule has 0 radical (unpaired) electrons. The number of H-pyrrole nitrogens is 1. The lowest BCUT2D eigenvalue weighted by Gasteiger charge is -2.25. The number of rotatable bonds is 13. The highest BCUT2D eigenvalue weighted by Gasteiger charge is 2.30. The fourth-order valence-electron chi connectivity index (χ4n) is 4.65. The molecule has 0 aliphatic heterocycles. The van der Waals surface area contributed by atoms with E-state index in [4.69, 9.17) is 5.73 Å². The van der Waals surface area contributed by atoms with Gasteiger partial charge in [-0.15, -0.1) is 0 Å². The van der Waals surface area contributed by atoms with Gasteiger partial charge in [0.05, 0.1) is 6.54 Å². The summed E-state index contributed by atoms with van der Waals surface area (Å²) < 4.78 is 0. The Hall–Kier alpha value is -5.16. The summed E-state index contributed by atoms with van der Waals surface area (Å²) in [7, 11) is 0. The number of hydrogen-bond acceptors (Lipinski definition) is 6. The van der Waals surface area contributed by atoms with E-state index in [0.29, 0.717) is 11.1 Å². The molecule has 0 aliphatic carbocycles. The third kappa shape index (κ3) is 7.95. The van der Waals surface area contributed by atoms with E-state index < -0.39 is 41.8 Å². The van der Waals surface area contributed by atoms with Gasteiger partial charge in [0.2, 0.25) is 17.7 Å². The molecule has 3 unspecified atom stereocenters. The van der Waals surface area contributed by atoms with Crippen molar-refractivity contribution >= 4 is 34.6 Å². The number of aromatic nitrogens is 1. The molecule has 42 heavy (non-hydrogen) atoms. The van der Waals surface area contributed by atoms with Crippen LogP contribution in [-0.2, 0) is 38.4 Å². The molecule has 11 nitrogen and oxygen atoms in total. The van der Waals surface area contributed by atoms with Crippen LogP contribution >= 0.6 is 0 Å². The van der Waals surface area contributed by atoms with Gasteiger partial charge in [-0.05, 0) is 34.9 Å². The fourth-order valence-corrected chi connectivity index (χ4v) is 4.65. The molecule has 4 rings (SSSR count). The third-order valence-electron chi connectivity index (χ3n) is 6.84. The number of carboxylic acid groups (broad SMARTS) is 1. The maximum absolute atomic E-state index is 13.6. The van der Waals surface area contributed by atoms with Gasteiger partial charge in [-0.2, -0.15) is 0 Å². The van der Waals surface area contributed by atoms with Gasteiger partial charge in [0.1, 0.15) is 23.9 Å². The highest BCUT2D eigenvalue weighted by atomic mass is 16.4. The summed E-state index contributed by atoms with van der Waals surface area (Å²) in [5.74, 6) is -3.11. The molecule has 0 saturated heterocycles. The van der Waals surface area contributed by atoms with Crippen LogP contribution in [0, 0.1) is 0 Å². The second kappa shape index (κ2) is 14.0. The number of nitrogens with two attached hydrogens (primary N) is 1. The van der Waals surface area contributed by atoms with Crippen molar-refractivity contribution in [3.05, 3.63) is 102 Å². The van der Waals surface area contributed by atoms with E-state index in [-0.39, 0.29) is 31.6 Å². The molecule has 8 N–H and O–H groups in total. The average Bonchev–Trinajstić information content (AvgIpc) is 3.40. The minimum atomic E-state index is -1.25. The molecule has 11 heteroatoms. The molecule has 3 aromatic carbocycles. The van der Waals surface area contributed by atoms with E-state index in [9.17, 15) is 29.4 Å². The van der Waals surface area contributed by atoms with Crippen molar-refractivity contribution in [1.29, 1.82) is 0 Å². The summed E-state index contributed by atoms with van der Waals surface area (Å²) >= 11 is 0. The molecule has 0 fully saturated rings. The number of phenolic OH excluding ortho intramolecular Hbond substituents is 1. The van der Waals surface area contributed by atoms with Gasteiger partial charge in [0.15, 0.2) is 0 Å². The minimum absolute atomic E-state index is 0.000169. The zero-order chi connectivity index (χ0) is 30.1. The molecule has 4 aromatic rings. The fraction of sp³-hybridized carbons (Fsp3) is 0.226. The number of carbonyl (C=O) groups is 4. The number of hydrogen-bond donors (Lipinski definition) is 7. The maximum atomic E-state index is 13.6. The Kier molecular flexibility index (Phi) is 9.90. The molecule has 1 heterocycles. The lowest BCUT2D eigenvalue weighted by atomic mass is 10.0. The Morgan fingerprint density at radius 3 is 1.95 bits per heavy atom. The van der Waals surface area contributed by atoms with Crippen LogP contribution in [0.4, 0.5) is 0 Å².